The van der Waals surface area contributed by atoms with E-state index in [0.717, 1.165) is 11.1 Å². The van der Waals surface area contributed by atoms with Gasteiger partial charge in [-0.1, -0.05) is 18.2 Å². The van der Waals surface area contributed by atoms with Crippen molar-refractivity contribution in [3.8, 4) is 11.1 Å². The second kappa shape index (κ2) is 5.23. The quantitative estimate of drug-likeness (QED) is 0.829. The normalized spacial score (nSPS) is 10.3. The van der Waals surface area contributed by atoms with E-state index in [1.807, 2.05) is 0 Å². The Hall–Kier alpha value is -1.81. The fraction of sp³-hybridized carbons (Fsp3) is 0.0714. The van der Waals surface area contributed by atoms with Crippen molar-refractivity contribution in [1.29, 1.82) is 0 Å². The predicted molar refractivity (Wildman–Crippen MR) is 71.5 cm³/mol. The molecule has 0 atom stereocenters. The van der Waals surface area contributed by atoms with Crippen molar-refractivity contribution in [2.24, 2.45) is 0 Å². The van der Waals surface area contributed by atoms with Gasteiger partial charge in [-0.3, -0.25) is 0 Å². The maximum Gasteiger partial charge on any atom is 0.335 e. The minimum Gasteiger partial charge on any atom is -0.478 e. The molecule has 2 aromatic carbocycles. The van der Waals surface area contributed by atoms with E-state index in [1.165, 1.54) is 18.2 Å². The second-order valence-electron chi connectivity index (χ2n) is 3.85. The summed E-state index contributed by atoms with van der Waals surface area (Å²) in [5, 5.41) is 9.01. The molecule has 2 aromatic rings. The van der Waals surface area contributed by atoms with E-state index in [-0.39, 0.29) is 11.4 Å². The molecule has 0 bridgehead atoms. The molecule has 0 aliphatic heterocycles. The maximum absolute atomic E-state index is 13.1. The van der Waals surface area contributed by atoms with Crippen molar-refractivity contribution < 1.29 is 14.3 Å². The van der Waals surface area contributed by atoms with Crippen LogP contribution in [0.5, 0.6) is 0 Å². The summed E-state index contributed by atoms with van der Waals surface area (Å²) in [6.45, 7) is 0. The monoisotopic (exact) mass is 262 g/mol. The summed E-state index contributed by atoms with van der Waals surface area (Å²) < 4.78 is 13.1. The number of hydrogen-bond acceptors (Lipinski definition) is 2. The van der Waals surface area contributed by atoms with Crippen LogP contribution in [0.15, 0.2) is 42.5 Å². The molecule has 0 spiro atoms. The molecule has 0 amide bonds. The molecule has 92 valence electrons. The van der Waals surface area contributed by atoms with Crippen LogP contribution >= 0.6 is 12.6 Å². The maximum atomic E-state index is 13.1. The number of carboxylic acids is 1. The van der Waals surface area contributed by atoms with Gasteiger partial charge in [0.2, 0.25) is 0 Å². The fourth-order valence-electron chi connectivity index (χ4n) is 1.78. The van der Waals surface area contributed by atoms with Crippen LogP contribution in [0.4, 0.5) is 4.39 Å². The number of carbonyl (C=O) groups is 1. The summed E-state index contributed by atoms with van der Waals surface area (Å²) in [5.74, 6) is -0.975. The second-order valence-corrected chi connectivity index (χ2v) is 4.16. The third-order valence-electron chi connectivity index (χ3n) is 2.66. The lowest BCUT2D eigenvalue weighted by atomic mass is 10.00. The lowest BCUT2D eigenvalue weighted by Gasteiger charge is -2.07. The summed E-state index contributed by atoms with van der Waals surface area (Å²) in [4.78, 5) is 11.0. The predicted octanol–water partition coefficient (Wildman–Crippen LogP) is 3.62. The van der Waals surface area contributed by atoms with Crippen LogP contribution in [0.2, 0.25) is 0 Å². The van der Waals surface area contributed by atoms with Crippen LogP contribution in [-0.2, 0) is 5.75 Å². The molecule has 0 fully saturated rings. The fourth-order valence-corrected chi connectivity index (χ4v) is 2.04. The van der Waals surface area contributed by atoms with Crippen LogP contribution in [0.25, 0.3) is 11.1 Å². The highest BCUT2D eigenvalue weighted by atomic mass is 32.1. The van der Waals surface area contributed by atoms with Crippen molar-refractivity contribution in [3.05, 3.63) is 59.4 Å². The van der Waals surface area contributed by atoms with E-state index in [4.69, 9.17) is 5.11 Å². The minimum absolute atomic E-state index is 0.227. The van der Waals surface area contributed by atoms with Gasteiger partial charge in [0.1, 0.15) is 5.82 Å². The van der Waals surface area contributed by atoms with Crippen LogP contribution in [0.1, 0.15) is 15.9 Å². The van der Waals surface area contributed by atoms with E-state index >= 15 is 0 Å². The van der Waals surface area contributed by atoms with Gasteiger partial charge in [-0.05, 0) is 41.0 Å². The molecule has 18 heavy (non-hydrogen) atoms. The Kier molecular flexibility index (Phi) is 3.67. The third-order valence-corrected chi connectivity index (χ3v) is 3.00. The molecule has 0 aliphatic rings. The average molecular weight is 262 g/mol. The number of aromatic carboxylic acids is 1. The Morgan fingerprint density at radius 3 is 2.50 bits per heavy atom. The number of hydrogen-bond donors (Lipinski definition) is 2. The van der Waals surface area contributed by atoms with Crippen molar-refractivity contribution in [2.75, 3.05) is 0 Å². The van der Waals surface area contributed by atoms with Crippen molar-refractivity contribution in [1.82, 2.24) is 0 Å². The number of halogens is 1. The summed E-state index contributed by atoms with van der Waals surface area (Å²) in [6, 6.07) is 11.1. The SMILES string of the molecule is O=C(O)c1ccc(-c2cccc(F)c2)cc1CS. The highest BCUT2D eigenvalue weighted by Crippen LogP contribution is 2.24. The number of thiol groups is 1. The Bertz CT molecular complexity index is 596. The molecule has 0 saturated carbocycles. The Labute approximate surface area is 109 Å². The summed E-state index contributed by atoms with van der Waals surface area (Å²) in [5.41, 5.74) is 2.34. The average Bonchev–Trinajstić information content (AvgIpc) is 2.37. The van der Waals surface area contributed by atoms with E-state index in [1.54, 1.807) is 24.3 Å². The minimum atomic E-state index is -0.982. The zero-order valence-electron chi connectivity index (χ0n) is 9.43. The van der Waals surface area contributed by atoms with Gasteiger partial charge in [0.15, 0.2) is 0 Å². The van der Waals surface area contributed by atoms with Crippen LogP contribution < -0.4 is 0 Å². The van der Waals surface area contributed by atoms with Gasteiger partial charge < -0.3 is 5.11 Å². The molecule has 2 nitrogen and oxygen atoms in total. The zero-order valence-corrected chi connectivity index (χ0v) is 10.3. The molecule has 4 heteroatoms. The summed E-state index contributed by atoms with van der Waals surface area (Å²) in [7, 11) is 0. The van der Waals surface area contributed by atoms with Gasteiger partial charge in [0, 0.05) is 5.75 Å². The van der Waals surface area contributed by atoms with E-state index in [2.05, 4.69) is 12.6 Å². The summed E-state index contributed by atoms with van der Waals surface area (Å²) >= 11 is 4.12. The topological polar surface area (TPSA) is 37.3 Å². The van der Waals surface area contributed by atoms with Gasteiger partial charge in [-0.25, -0.2) is 9.18 Å². The zero-order chi connectivity index (χ0) is 13.1. The van der Waals surface area contributed by atoms with Gasteiger partial charge >= 0.3 is 5.97 Å². The number of benzene rings is 2. The number of rotatable bonds is 3. The van der Waals surface area contributed by atoms with Crippen LogP contribution in [-0.4, -0.2) is 11.1 Å². The van der Waals surface area contributed by atoms with Gasteiger partial charge in [0.25, 0.3) is 0 Å². The first-order valence-corrected chi connectivity index (χ1v) is 5.98. The molecule has 0 unspecified atom stereocenters. The van der Waals surface area contributed by atoms with E-state index in [9.17, 15) is 9.18 Å². The lowest BCUT2D eigenvalue weighted by molar-refractivity contribution is 0.0696. The first kappa shape index (κ1) is 12.6. The molecule has 1 N–H and O–H groups in total. The van der Waals surface area contributed by atoms with Crippen molar-refractivity contribution in [2.45, 2.75) is 5.75 Å². The molecular weight excluding hydrogens is 251 g/mol. The van der Waals surface area contributed by atoms with E-state index < -0.39 is 5.97 Å². The molecule has 0 aliphatic carbocycles. The molecule has 0 saturated heterocycles. The number of carboxylic acid groups (broad SMARTS) is 1. The van der Waals surface area contributed by atoms with Gasteiger partial charge in [-0.15, -0.1) is 0 Å². The first-order valence-electron chi connectivity index (χ1n) is 5.35. The van der Waals surface area contributed by atoms with Crippen molar-refractivity contribution in [3.63, 3.8) is 0 Å². The Morgan fingerprint density at radius 2 is 1.89 bits per heavy atom. The standard InChI is InChI=1S/C14H11FO2S/c15-12-3-1-2-9(7-12)10-4-5-13(14(16)17)11(6-10)8-18/h1-7,18H,8H2,(H,16,17). The molecular formula is C14H11FO2S. The Balaban J connectivity index is 2.51. The smallest absolute Gasteiger partial charge is 0.335 e. The summed E-state index contributed by atoms with van der Waals surface area (Å²) in [6.07, 6.45) is 0. The van der Waals surface area contributed by atoms with Gasteiger partial charge in [0.05, 0.1) is 5.56 Å². The highest BCUT2D eigenvalue weighted by Gasteiger charge is 2.10. The molecule has 0 aromatic heterocycles. The highest BCUT2D eigenvalue weighted by molar-refractivity contribution is 7.79. The van der Waals surface area contributed by atoms with Gasteiger partial charge in [-0.2, -0.15) is 12.6 Å². The van der Waals surface area contributed by atoms with E-state index in [0.29, 0.717) is 11.3 Å². The largest absolute Gasteiger partial charge is 0.478 e. The Morgan fingerprint density at radius 1 is 1.17 bits per heavy atom. The van der Waals surface area contributed by atoms with Crippen LogP contribution in [0, 0.1) is 5.82 Å². The third kappa shape index (κ3) is 2.54. The first-order chi connectivity index (χ1) is 8.61. The lowest BCUT2D eigenvalue weighted by Crippen LogP contribution is -2.01. The molecule has 0 radical (unpaired) electrons. The van der Waals surface area contributed by atoms with Crippen molar-refractivity contribution >= 4 is 18.6 Å². The molecule has 0 heterocycles. The molecule has 2 rings (SSSR count). The van der Waals surface area contributed by atoms with Crippen LogP contribution in [0.3, 0.4) is 0 Å².